The molecular formula is C22H23ClN4O2S2. The number of allylic oxidation sites excluding steroid dienone is 1. The Labute approximate surface area is 194 Å². The van der Waals surface area contributed by atoms with E-state index in [4.69, 9.17) is 11.6 Å². The normalized spacial score (nSPS) is 14.8. The second-order valence-corrected chi connectivity index (χ2v) is 10.0. The summed E-state index contributed by atoms with van der Waals surface area (Å²) in [5.74, 6) is 0.319. The first kappa shape index (κ1) is 22.1. The van der Waals surface area contributed by atoms with E-state index in [1.807, 2.05) is 29.2 Å². The Kier molecular flexibility index (Phi) is 7.12. The molecule has 0 atom stereocenters. The van der Waals surface area contributed by atoms with Crippen LogP contribution in [0.5, 0.6) is 0 Å². The maximum atomic E-state index is 12.8. The number of nitrogens with zero attached hydrogens (tertiary/aromatic N) is 4. The highest BCUT2D eigenvalue weighted by Gasteiger charge is 2.22. The minimum absolute atomic E-state index is 0.0661. The number of halogens is 1. The molecule has 9 heteroatoms. The van der Waals surface area contributed by atoms with Gasteiger partial charge in [0.15, 0.2) is 5.16 Å². The third kappa shape index (κ3) is 5.20. The van der Waals surface area contributed by atoms with Gasteiger partial charge in [-0.25, -0.2) is 4.98 Å². The number of amides is 1. The number of fused-ring (bicyclic) bond motifs is 1. The monoisotopic (exact) mass is 474 g/mol. The number of thiophene rings is 1. The highest BCUT2D eigenvalue weighted by Crippen LogP contribution is 2.23. The lowest BCUT2D eigenvalue weighted by Gasteiger charge is -2.34. The molecule has 3 aromatic rings. The largest absolute Gasteiger partial charge is 0.339 e. The summed E-state index contributed by atoms with van der Waals surface area (Å²) in [5, 5.41) is 1.12. The van der Waals surface area contributed by atoms with Gasteiger partial charge in [0.25, 0.3) is 5.56 Å². The maximum absolute atomic E-state index is 12.8. The van der Waals surface area contributed by atoms with E-state index in [0.29, 0.717) is 35.7 Å². The van der Waals surface area contributed by atoms with E-state index in [1.165, 1.54) is 16.6 Å². The average Bonchev–Trinajstić information content (AvgIpc) is 3.19. The average molecular weight is 475 g/mol. The van der Waals surface area contributed by atoms with Crippen LogP contribution in [-0.4, -0.2) is 57.2 Å². The molecule has 162 valence electrons. The zero-order valence-electron chi connectivity index (χ0n) is 17.0. The molecule has 31 heavy (non-hydrogen) atoms. The van der Waals surface area contributed by atoms with Crippen LogP contribution in [0.3, 0.4) is 0 Å². The molecule has 1 saturated heterocycles. The van der Waals surface area contributed by atoms with Crippen LogP contribution in [0.2, 0.25) is 4.34 Å². The molecule has 0 aliphatic carbocycles. The molecule has 0 saturated carbocycles. The number of carbonyl (C=O) groups excluding carboxylic acids is 1. The van der Waals surface area contributed by atoms with Gasteiger partial charge in [0.2, 0.25) is 5.91 Å². The second kappa shape index (κ2) is 9.99. The molecule has 0 radical (unpaired) electrons. The number of hydrogen-bond acceptors (Lipinski definition) is 6. The summed E-state index contributed by atoms with van der Waals surface area (Å²) in [6.07, 6.45) is 1.67. The summed E-state index contributed by atoms with van der Waals surface area (Å²) in [6, 6.07) is 11.3. The molecular weight excluding hydrogens is 452 g/mol. The smallest absolute Gasteiger partial charge is 0.262 e. The zero-order chi connectivity index (χ0) is 21.8. The summed E-state index contributed by atoms with van der Waals surface area (Å²) >= 11 is 8.92. The first-order valence-electron chi connectivity index (χ1n) is 10.0. The SMILES string of the molecule is C=CCn1c(SCC(=O)N2CCN(Cc3ccc(Cl)s3)CC2)nc2ccccc2c1=O. The van der Waals surface area contributed by atoms with Crippen molar-refractivity contribution in [1.29, 1.82) is 0 Å². The van der Waals surface area contributed by atoms with Crippen molar-refractivity contribution in [1.82, 2.24) is 19.4 Å². The quantitative estimate of drug-likeness (QED) is 0.296. The first-order valence-corrected chi connectivity index (χ1v) is 12.2. The Morgan fingerprint density at radius 3 is 2.68 bits per heavy atom. The van der Waals surface area contributed by atoms with E-state index in [1.54, 1.807) is 28.0 Å². The molecule has 0 N–H and O–H groups in total. The molecule has 0 unspecified atom stereocenters. The molecule has 3 heterocycles. The van der Waals surface area contributed by atoms with Crippen molar-refractivity contribution < 1.29 is 4.79 Å². The minimum atomic E-state index is -0.109. The summed E-state index contributed by atoms with van der Waals surface area (Å²) in [6.45, 7) is 8.03. The van der Waals surface area contributed by atoms with Crippen molar-refractivity contribution in [3.8, 4) is 0 Å². The van der Waals surface area contributed by atoms with E-state index < -0.39 is 0 Å². The third-order valence-electron chi connectivity index (χ3n) is 5.20. The van der Waals surface area contributed by atoms with Gasteiger partial charge in [-0.1, -0.05) is 41.6 Å². The number of benzene rings is 1. The van der Waals surface area contributed by atoms with Crippen LogP contribution in [0.4, 0.5) is 0 Å². The van der Waals surface area contributed by atoms with Crippen LogP contribution in [0, 0.1) is 0 Å². The van der Waals surface area contributed by atoms with E-state index >= 15 is 0 Å². The molecule has 6 nitrogen and oxygen atoms in total. The molecule has 0 bridgehead atoms. The fourth-order valence-corrected chi connectivity index (χ4v) is 5.62. The van der Waals surface area contributed by atoms with Crippen molar-refractivity contribution in [3.05, 3.63) is 68.6 Å². The lowest BCUT2D eigenvalue weighted by molar-refractivity contribution is -0.130. The Morgan fingerprint density at radius 2 is 1.97 bits per heavy atom. The van der Waals surface area contributed by atoms with Crippen LogP contribution >= 0.6 is 34.7 Å². The number of hydrogen-bond donors (Lipinski definition) is 0. The van der Waals surface area contributed by atoms with E-state index in [2.05, 4.69) is 22.5 Å². The second-order valence-electron chi connectivity index (χ2n) is 7.27. The van der Waals surface area contributed by atoms with Crippen molar-refractivity contribution in [2.24, 2.45) is 0 Å². The topological polar surface area (TPSA) is 58.4 Å². The van der Waals surface area contributed by atoms with Gasteiger partial charge >= 0.3 is 0 Å². The molecule has 1 fully saturated rings. The van der Waals surface area contributed by atoms with Gasteiger partial charge < -0.3 is 4.90 Å². The molecule has 4 rings (SSSR count). The van der Waals surface area contributed by atoms with Gasteiger partial charge in [-0.05, 0) is 24.3 Å². The predicted octanol–water partition coefficient (Wildman–Crippen LogP) is 3.73. The first-order chi connectivity index (χ1) is 15.0. The van der Waals surface area contributed by atoms with Crippen molar-refractivity contribution in [2.75, 3.05) is 31.9 Å². The third-order valence-corrected chi connectivity index (χ3v) is 7.37. The number of rotatable bonds is 7. The van der Waals surface area contributed by atoms with Crippen LogP contribution in [0.15, 0.2) is 59.0 Å². The van der Waals surface area contributed by atoms with Crippen molar-refractivity contribution in [2.45, 2.75) is 18.2 Å². The van der Waals surface area contributed by atoms with Gasteiger partial charge in [-0.15, -0.1) is 17.9 Å². The zero-order valence-corrected chi connectivity index (χ0v) is 19.4. The molecule has 1 amide bonds. The van der Waals surface area contributed by atoms with E-state index in [9.17, 15) is 9.59 Å². The number of aromatic nitrogens is 2. The fraction of sp³-hybridized carbons (Fsp3) is 0.318. The Balaban J connectivity index is 1.37. The minimum Gasteiger partial charge on any atom is -0.339 e. The van der Waals surface area contributed by atoms with Gasteiger partial charge in [0.05, 0.1) is 21.0 Å². The molecule has 1 aliphatic heterocycles. The maximum Gasteiger partial charge on any atom is 0.262 e. The number of carbonyl (C=O) groups is 1. The number of piperazine rings is 1. The van der Waals surface area contributed by atoms with E-state index in [-0.39, 0.29) is 17.2 Å². The van der Waals surface area contributed by atoms with Crippen LogP contribution in [0.1, 0.15) is 4.88 Å². The summed E-state index contributed by atoms with van der Waals surface area (Å²) in [7, 11) is 0. The fourth-order valence-electron chi connectivity index (χ4n) is 3.58. The van der Waals surface area contributed by atoms with Crippen LogP contribution < -0.4 is 5.56 Å². The summed E-state index contributed by atoms with van der Waals surface area (Å²) in [5.41, 5.74) is 0.535. The van der Waals surface area contributed by atoms with Gasteiger partial charge in [-0.3, -0.25) is 19.1 Å². The molecule has 1 aliphatic rings. The molecule has 1 aromatic carbocycles. The summed E-state index contributed by atoms with van der Waals surface area (Å²) in [4.78, 5) is 35.7. The van der Waals surface area contributed by atoms with E-state index in [0.717, 1.165) is 24.0 Å². The van der Waals surface area contributed by atoms with Gasteiger partial charge in [0.1, 0.15) is 0 Å². The number of thioether (sulfide) groups is 1. The summed E-state index contributed by atoms with van der Waals surface area (Å²) < 4.78 is 2.38. The Morgan fingerprint density at radius 1 is 1.19 bits per heavy atom. The van der Waals surface area contributed by atoms with Gasteiger partial charge in [-0.2, -0.15) is 0 Å². The Bertz CT molecular complexity index is 1150. The Hall–Kier alpha value is -2.13. The van der Waals surface area contributed by atoms with Crippen molar-refractivity contribution >= 4 is 51.5 Å². The van der Waals surface area contributed by atoms with Crippen LogP contribution in [0.25, 0.3) is 10.9 Å². The van der Waals surface area contributed by atoms with Crippen LogP contribution in [-0.2, 0) is 17.9 Å². The standard InChI is InChI=1S/C22H23ClN4O2S2/c1-2-9-27-21(29)17-5-3-4-6-18(17)24-22(27)30-15-20(28)26-12-10-25(11-13-26)14-16-7-8-19(23)31-16/h2-8H,1,9-15H2. The molecule has 2 aromatic heterocycles. The highest BCUT2D eigenvalue weighted by molar-refractivity contribution is 7.99. The predicted molar refractivity (Wildman–Crippen MR) is 128 cm³/mol. The molecule has 0 spiro atoms. The lowest BCUT2D eigenvalue weighted by atomic mass is 10.2. The van der Waals surface area contributed by atoms with Gasteiger partial charge in [0, 0.05) is 44.1 Å². The highest BCUT2D eigenvalue weighted by atomic mass is 35.5. The number of para-hydroxylation sites is 1. The van der Waals surface area contributed by atoms with Crippen molar-refractivity contribution in [3.63, 3.8) is 0 Å². The lowest BCUT2D eigenvalue weighted by Crippen LogP contribution is -2.48.